The molecule has 0 aliphatic heterocycles. The molecule has 0 spiro atoms. The smallest absolute Gasteiger partial charge is 0.264 e. The van der Waals surface area contributed by atoms with E-state index in [2.05, 4.69) is 4.98 Å². The van der Waals surface area contributed by atoms with Crippen molar-refractivity contribution in [1.29, 1.82) is 0 Å². The number of hydrogen-bond donors (Lipinski definition) is 1. The number of methoxy groups -OCH3 is 1. The van der Waals surface area contributed by atoms with Crippen LogP contribution in [0.2, 0.25) is 0 Å². The van der Waals surface area contributed by atoms with Crippen LogP contribution in [0, 0.1) is 0 Å². The van der Waals surface area contributed by atoms with E-state index in [0.29, 0.717) is 29.7 Å². The summed E-state index contributed by atoms with van der Waals surface area (Å²) in [4.78, 5) is 16.5. The molecule has 0 fully saturated rings. The molecule has 0 unspecified atom stereocenters. The fraction of sp³-hybridized carbons (Fsp3) is 0.333. The summed E-state index contributed by atoms with van der Waals surface area (Å²) in [5, 5.41) is 0.523. The lowest BCUT2D eigenvalue weighted by molar-refractivity contribution is 0.419. The molecule has 0 bridgehead atoms. The number of benzene rings is 1. The number of aryl methyl sites for hydroxylation is 1. The Morgan fingerprint density at radius 1 is 1.47 bits per heavy atom. The highest BCUT2D eigenvalue weighted by molar-refractivity contribution is 5.83. The first kappa shape index (κ1) is 11.6. The Balaban J connectivity index is 2.61. The van der Waals surface area contributed by atoms with Crippen molar-refractivity contribution in [2.24, 2.45) is 5.73 Å². The molecule has 0 amide bonds. The fourth-order valence-corrected chi connectivity index (χ4v) is 1.76. The van der Waals surface area contributed by atoms with Crippen molar-refractivity contribution in [3.63, 3.8) is 0 Å². The largest absolute Gasteiger partial charge is 0.496 e. The zero-order valence-corrected chi connectivity index (χ0v) is 9.72. The first-order chi connectivity index (χ1) is 8.27. The van der Waals surface area contributed by atoms with Gasteiger partial charge in [0.25, 0.3) is 5.56 Å². The van der Waals surface area contributed by atoms with Crippen molar-refractivity contribution in [2.45, 2.75) is 13.0 Å². The number of nitrogens with two attached hydrogens (primary N) is 1. The van der Waals surface area contributed by atoms with Crippen LogP contribution in [-0.4, -0.2) is 23.2 Å². The van der Waals surface area contributed by atoms with E-state index in [0.717, 1.165) is 6.42 Å². The maximum absolute atomic E-state index is 12.2. The molecule has 0 aliphatic carbocycles. The standard InChI is InChI=1S/C12H15N3O2/c1-17-10-5-2-4-9-11(10)12(16)15(8-14-9)7-3-6-13/h2,4-5,8H,3,6-7,13H2,1H3. The Hall–Kier alpha value is -1.88. The van der Waals surface area contributed by atoms with E-state index in [4.69, 9.17) is 10.5 Å². The average molecular weight is 233 g/mol. The van der Waals surface area contributed by atoms with E-state index < -0.39 is 0 Å². The van der Waals surface area contributed by atoms with E-state index in [1.807, 2.05) is 6.07 Å². The second-order valence-corrected chi connectivity index (χ2v) is 3.74. The highest BCUT2D eigenvalue weighted by atomic mass is 16.5. The summed E-state index contributed by atoms with van der Waals surface area (Å²) in [5.41, 5.74) is 6.00. The van der Waals surface area contributed by atoms with Gasteiger partial charge in [0, 0.05) is 6.54 Å². The Bertz CT molecular complexity index is 577. The molecule has 5 nitrogen and oxygen atoms in total. The van der Waals surface area contributed by atoms with E-state index in [9.17, 15) is 4.79 Å². The minimum atomic E-state index is -0.0825. The van der Waals surface area contributed by atoms with Crippen LogP contribution < -0.4 is 16.0 Å². The van der Waals surface area contributed by atoms with Gasteiger partial charge in [-0.25, -0.2) is 4.98 Å². The number of aromatic nitrogens is 2. The predicted molar refractivity (Wildman–Crippen MR) is 66.2 cm³/mol. The van der Waals surface area contributed by atoms with Crippen molar-refractivity contribution in [2.75, 3.05) is 13.7 Å². The highest BCUT2D eigenvalue weighted by Crippen LogP contribution is 2.19. The molecule has 90 valence electrons. The first-order valence-corrected chi connectivity index (χ1v) is 5.50. The SMILES string of the molecule is COc1cccc2ncn(CCCN)c(=O)c12. The normalized spacial score (nSPS) is 10.7. The van der Waals surface area contributed by atoms with Gasteiger partial charge in [0.1, 0.15) is 11.1 Å². The second-order valence-electron chi connectivity index (χ2n) is 3.74. The summed E-state index contributed by atoms with van der Waals surface area (Å²) in [7, 11) is 1.55. The molecule has 0 saturated heterocycles. The van der Waals surface area contributed by atoms with E-state index >= 15 is 0 Å². The number of nitrogens with zero attached hydrogens (tertiary/aromatic N) is 2. The van der Waals surface area contributed by atoms with Crippen molar-refractivity contribution in [3.05, 3.63) is 34.9 Å². The summed E-state index contributed by atoms with van der Waals surface area (Å²) in [6.07, 6.45) is 2.31. The lowest BCUT2D eigenvalue weighted by atomic mass is 10.2. The Labute approximate surface area is 98.8 Å². The Kier molecular flexibility index (Phi) is 3.39. The lowest BCUT2D eigenvalue weighted by Gasteiger charge is -2.08. The van der Waals surface area contributed by atoms with Crippen LogP contribution in [0.3, 0.4) is 0 Å². The average Bonchev–Trinajstić information content (AvgIpc) is 2.37. The lowest BCUT2D eigenvalue weighted by Crippen LogP contribution is -2.22. The van der Waals surface area contributed by atoms with Crippen LogP contribution in [0.5, 0.6) is 5.75 Å². The van der Waals surface area contributed by atoms with E-state index in [1.165, 1.54) is 0 Å². The maximum Gasteiger partial charge on any atom is 0.264 e. The summed E-state index contributed by atoms with van der Waals surface area (Å²) in [5.74, 6) is 0.557. The van der Waals surface area contributed by atoms with Crippen LogP contribution in [0.1, 0.15) is 6.42 Å². The highest BCUT2D eigenvalue weighted by Gasteiger charge is 2.08. The fourth-order valence-electron chi connectivity index (χ4n) is 1.76. The molecule has 0 aliphatic rings. The molecule has 1 heterocycles. The van der Waals surface area contributed by atoms with Gasteiger partial charge < -0.3 is 10.5 Å². The van der Waals surface area contributed by atoms with Gasteiger partial charge in [-0.1, -0.05) is 6.07 Å². The molecule has 1 aromatic heterocycles. The molecule has 2 aromatic rings. The van der Waals surface area contributed by atoms with Gasteiger partial charge in [0.2, 0.25) is 0 Å². The van der Waals surface area contributed by atoms with Crippen LogP contribution in [0.15, 0.2) is 29.3 Å². The van der Waals surface area contributed by atoms with Crippen LogP contribution in [0.4, 0.5) is 0 Å². The van der Waals surface area contributed by atoms with Gasteiger partial charge in [0.15, 0.2) is 0 Å². The molecule has 1 aromatic carbocycles. The molecule has 5 heteroatoms. The minimum Gasteiger partial charge on any atom is -0.496 e. The molecular formula is C12H15N3O2. The van der Waals surface area contributed by atoms with Gasteiger partial charge in [-0.05, 0) is 25.1 Å². The second kappa shape index (κ2) is 4.97. The van der Waals surface area contributed by atoms with Crippen molar-refractivity contribution >= 4 is 10.9 Å². The van der Waals surface area contributed by atoms with Crippen LogP contribution >= 0.6 is 0 Å². The number of fused-ring (bicyclic) bond motifs is 1. The van der Waals surface area contributed by atoms with Crippen molar-refractivity contribution < 1.29 is 4.74 Å². The van der Waals surface area contributed by atoms with Gasteiger partial charge in [-0.2, -0.15) is 0 Å². The van der Waals surface area contributed by atoms with Crippen molar-refractivity contribution in [3.8, 4) is 5.75 Å². The maximum atomic E-state index is 12.2. The summed E-state index contributed by atoms with van der Waals surface area (Å²) in [6, 6.07) is 5.38. The van der Waals surface area contributed by atoms with Gasteiger partial charge in [-0.3, -0.25) is 9.36 Å². The zero-order valence-electron chi connectivity index (χ0n) is 9.72. The molecule has 2 N–H and O–H groups in total. The van der Waals surface area contributed by atoms with Crippen LogP contribution in [-0.2, 0) is 6.54 Å². The van der Waals surface area contributed by atoms with Gasteiger partial charge >= 0.3 is 0 Å². The summed E-state index contributed by atoms with van der Waals surface area (Å²) >= 11 is 0. The van der Waals surface area contributed by atoms with E-state index in [-0.39, 0.29) is 5.56 Å². The van der Waals surface area contributed by atoms with Gasteiger partial charge in [-0.15, -0.1) is 0 Å². The Morgan fingerprint density at radius 2 is 2.29 bits per heavy atom. The quantitative estimate of drug-likeness (QED) is 0.846. The third-order valence-electron chi connectivity index (χ3n) is 2.64. The molecule has 0 saturated carbocycles. The minimum absolute atomic E-state index is 0.0825. The van der Waals surface area contributed by atoms with E-state index in [1.54, 1.807) is 30.1 Å². The molecule has 0 atom stereocenters. The zero-order chi connectivity index (χ0) is 12.3. The summed E-state index contributed by atoms with van der Waals surface area (Å²) < 4.78 is 6.76. The van der Waals surface area contributed by atoms with Gasteiger partial charge in [0.05, 0.1) is 19.0 Å². The first-order valence-electron chi connectivity index (χ1n) is 5.50. The molecule has 2 rings (SSSR count). The topological polar surface area (TPSA) is 70.1 Å². The molecular weight excluding hydrogens is 218 g/mol. The third-order valence-corrected chi connectivity index (χ3v) is 2.64. The third kappa shape index (κ3) is 2.14. The number of hydrogen-bond acceptors (Lipinski definition) is 4. The Morgan fingerprint density at radius 3 is 3.00 bits per heavy atom. The van der Waals surface area contributed by atoms with Crippen LogP contribution in [0.25, 0.3) is 10.9 Å². The number of ether oxygens (including phenoxy) is 1. The molecule has 17 heavy (non-hydrogen) atoms. The number of rotatable bonds is 4. The molecule has 0 radical (unpaired) electrons. The predicted octanol–water partition coefficient (Wildman–Crippen LogP) is 0.754. The van der Waals surface area contributed by atoms with Crippen molar-refractivity contribution in [1.82, 2.24) is 9.55 Å². The monoisotopic (exact) mass is 233 g/mol. The summed E-state index contributed by atoms with van der Waals surface area (Å²) in [6.45, 7) is 1.13.